The number of hydrogen-bond acceptors (Lipinski definition) is 5. The van der Waals surface area contributed by atoms with E-state index in [1.54, 1.807) is 0 Å². The third-order valence-electron chi connectivity index (χ3n) is 2.64. The molecule has 1 N–H and O–H groups in total. The minimum absolute atomic E-state index is 0.0174. The lowest BCUT2D eigenvalue weighted by Gasteiger charge is -2.18. The van der Waals surface area contributed by atoms with E-state index < -0.39 is 0 Å². The molecule has 1 heterocycles. The first-order valence-corrected chi connectivity index (χ1v) is 6.79. The second-order valence-electron chi connectivity index (χ2n) is 5.58. The van der Waals surface area contributed by atoms with Gasteiger partial charge in [-0.1, -0.05) is 17.3 Å². The maximum absolute atomic E-state index is 5.47. The number of nitrogens with zero attached hydrogens (tertiary/aromatic N) is 2. The lowest BCUT2D eigenvalue weighted by molar-refractivity contribution is 0.336. The smallest absolute Gasteiger partial charge is 0.240 e. The molecule has 0 amide bonds. The van der Waals surface area contributed by atoms with Gasteiger partial charge in [0.25, 0.3) is 0 Å². The molecule has 0 aliphatic carbocycles. The Morgan fingerprint density at radius 3 is 2.80 bits per heavy atom. The molecule has 0 aliphatic heterocycles. The molecule has 0 bridgehead atoms. The van der Waals surface area contributed by atoms with Crippen molar-refractivity contribution in [3.05, 3.63) is 30.2 Å². The van der Waals surface area contributed by atoms with E-state index in [9.17, 15) is 0 Å². The molecule has 0 saturated carbocycles. The molecule has 5 nitrogen and oxygen atoms in total. The standard InChI is InChI=1S/C15H21N3O2/c1-5-19-12-8-6-7-11(9-12)14-17-13(20-18-14)10-16-15(2,3)4/h6-9,16H,5,10H2,1-4H3. The highest BCUT2D eigenvalue weighted by atomic mass is 16.5. The van der Waals surface area contributed by atoms with Crippen molar-refractivity contribution in [3.63, 3.8) is 0 Å². The number of nitrogens with one attached hydrogen (secondary N) is 1. The molecule has 1 aromatic carbocycles. The van der Waals surface area contributed by atoms with Crippen molar-refractivity contribution >= 4 is 0 Å². The van der Waals surface area contributed by atoms with Gasteiger partial charge in [0.15, 0.2) is 0 Å². The summed E-state index contributed by atoms with van der Waals surface area (Å²) in [7, 11) is 0. The van der Waals surface area contributed by atoms with E-state index in [0.29, 0.717) is 24.9 Å². The molecular formula is C15H21N3O2. The van der Waals surface area contributed by atoms with Crippen molar-refractivity contribution in [2.45, 2.75) is 39.8 Å². The average molecular weight is 275 g/mol. The summed E-state index contributed by atoms with van der Waals surface area (Å²) in [5.41, 5.74) is 0.908. The molecule has 0 saturated heterocycles. The maximum atomic E-state index is 5.47. The Balaban J connectivity index is 2.10. The zero-order valence-electron chi connectivity index (χ0n) is 12.4. The van der Waals surface area contributed by atoms with Crippen LogP contribution in [0.25, 0.3) is 11.4 Å². The molecule has 2 rings (SSSR count). The van der Waals surface area contributed by atoms with E-state index in [1.807, 2.05) is 31.2 Å². The average Bonchev–Trinajstić information content (AvgIpc) is 2.85. The molecule has 0 unspecified atom stereocenters. The van der Waals surface area contributed by atoms with Gasteiger partial charge < -0.3 is 14.6 Å². The lowest BCUT2D eigenvalue weighted by atomic mass is 10.1. The number of rotatable bonds is 5. The van der Waals surface area contributed by atoms with E-state index in [-0.39, 0.29) is 5.54 Å². The number of ether oxygens (including phenoxy) is 1. The summed E-state index contributed by atoms with van der Waals surface area (Å²) in [6.45, 7) is 9.43. The van der Waals surface area contributed by atoms with E-state index in [2.05, 4.69) is 36.2 Å². The number of aromatic nitrogens is 2. The van der Waals surface area contributed by atoms with Crippen molar-refractivity contribution in [3.8, 4) is 17.1 Å². The van der Waals surface area contributed by atoms with Crippen molar-refractivity contribution in [2.75, 3.05) is 6.61 Å². The van der Waals surface area contributed by atoms with Gasteiger partial charge in [-0.15, -0.1) is 0 Å². The van der Waals surface area contributed by atoms with Crippen LogP contribution in [0.1, 0.15) is 33.6 Å². The highest BCUT2D eigenvalue weighted by Gasteiger charge is 2.13. The minimum Gasteiger partial charge on any atom is -0.494 e. The molecule has 108 valence electrons. The lowest BCUT2D eigenvalue weighted by Crippen LogP contribution is -2.35. The van der Waals surface area contributed by atoms with Crippen LogP contribution in [0.15, 0.2) is 28.8 Å². The van der Waals surface area contributed by atoms with Crippen LogP contribution in [0.3, 0.4) is 0 Å². The van der Waals surface area contributed by atoms with Gasteiger partial charge in [0, 0.05) is 11.1 Å². The second kappa shape index (κ2) is 6.05. The molecule has 0 fully saturated rings. The van der Waals surface area contributed by atoms with Crippen molar-refractivity contribution in [2.24, 2.45) is 0 Å². The van der Waals surface area contributed by atoms with Crippen LogP contribution < -0.4 is 10.1 Å². The highest BCUT2D eigenvalue weighted by Crippen LogP contribution is 2.21. The molecule has 20 heavy (non-hydrogen) atoms. The van der Waals surface area contributed by atoms with Gasteiger partial charge in [0.1, 0.15) is 5.75 Å². The third kappa shape index (κ3) is 4.06. The first kappa shape index (κ1) is 14.5. The zero-order chi connectivity index (χ0) is 14.6. The quantitative estimate of drug-likeness (QED) is 0.909. The summed E-state index contributed by atoms with van der Waals surface area (Å²) >= 11 is 0. The Labute approximate surface area is 119 Å². The van der Waals surface area contributed by atoms with E-state index in [1.165, 1.54) is 0 Å². The maximum Gasteiger partial charge on any atom is 0.240 e. The van der Waals surface area contributed by atoms with Crippen LogP contribution in [0.2, 0.25) is 0 Å². The fourth-order valence-electron chi connectivity index (χ4n) is 1.68. The monoisotopic (exact) mass is 275 g/mol. The van der Waals surface area contributed by atoms with Crippen molar-refractivity contribution in [1.82, 2.24) is 15.5 Å². The summed E-state index contributed by atoms with van der Waals surface area (Å²) in [5.74, 6) is 1.97. The summed E-state index contributed by atoms with van der Waals surface area (Å²) < 4.78 is 10.7. The Kier molecular flexibility index (Phi) is 4.39. The predicted octanol–water partition coefficient (Wildman–Crippen LogP) is 3.02. The molecule has 0 spiro atoms. The van der Waals surface area contributed by atoms with Gasteiger partial charge in [-0.05, 0) is 39.8 Å². The van der Waals surface area contributed by atoms with Gasteiger partial charge in [0.2, 0.25) is 11.7 Å². The largest absolute Gasteiger partial charge is 0.494 e. The second-order valence-corrected chi connectivity index (χ2v) is 5.58. The summed E-state index contributed by atoms with van der Waals surface area (Å²) in [6.07, 6.45) is 0. The summed E-state index contributed by atoms with van der Waals surface area (Å²) in [5, 5.41) is 7.32. The first-order valence-electron chi connectivity index (χ1n) is 6.79. The van der Waals surface area contributed by atoms with Crippen LogP contribution in [-0.4, -0.2) is 22.3 Å². The van der Waals surface area contributed by atoms with Crippen LogP contribution in [0, 0.1) is 0 Å². The highest BCUT2D eigenvalue weighted by molar-refractivity contribution is 5.56. The topological polar surface area (TPSA) is 60.2 Å². The Bertz CT molecular complexity index is 558. The number of hydrogen-bond donors (Lipinski definition) is 1. The summed E-state index contributed by atoms with van der Waals surface area (Å²) in [4.78, 5) is 4.39. The zero-order valence-corrected chi connectivity index (χ0v) is 12.4. The van der Waals surface area contributed by atoms with Crippen LogP contribution in [-0.2, 0) is 6.54 Å². The van der Waals surface area contributed by atoms with E-state index >= 15 is 0 Å². The Morgan fingerprint density at radius 2 is 2.10 bits per heavy atom. The fraction of sp³-hybridized carbons (Fsp3) is 0.467. The van der Waals surface area contributed by atoms with E-state index in [0.717, 1.165) is 11.3 Å². The predicted molar refractivity (Wildman–Crippen MR) is 77.5 cm³/mol. The molecule has 0 radical (unpaired) electrons. The van der Waals surface area contributed by atoms with Gasteiger partial charge in [-0.2, -0.15) is 4.98 Å². The molecule has 1 aromatic heterocycles. The summed E-state index contributed by atoms with van der Waals surface area (Å²) in [6, 6.07) is 7.68. The van der Waals surface area contributed by atoms with Crippen molar-refractivity contribution < 1.29 is 9.26 Å². The van der Waals surface area contributed by atoms with E-state index in [4.69, 9.17) is 9.26 Å². The molecule has 0 aliphatic rings. The Morgan fingerprint density at radius 1 is 1.30 bits per heavy atom. The Hall–Kier alpha value is -1.88. The van der Waals surface area contributed by atoms with Gasteiger partial charge >= 0.3 is 0 Å². The van der Waals surface area contributed by atoms with Gasteiger partial charge in [-0.3, -0.25) is 0 Å². The van der Waals surface area contributed by atoms with Gasteiger partial charge in [0.05, 0.1) is 13.2 Å². The van der Waals surface area contributed by atoms with Crippen LogP contribution in [0.5, 0.6) is 5.75 Å². The number of benzene rings is 1. The SMILES string of the molecule is CCOc1cccc(-c2noc(CNC(C)(C)C)n2)c1. The molecule has 5 heteroatoms. The van der Waals surface area contributed by atoms with Crippen LogP contribution in [0.4, 0.5) is 0 Å². The normalized spacial score (nSPS) is 11.6. The van der Waals surface area contributed by atoms with Gasteiger partial charge in [-0.25, -0.2) is 0 Å². The minimum atomic E-state index is 0.0174. The first-order chi connectivity index (χ1) is 9.48. The fourth-order valence-corrected chi connectivity index (χ4v) is 1.68. The molecular weight excluding hydrogens is 254 g/mol. The van der Waals surface area contributed by atoms with Crippen molar-refractivity contribution in [1.29, 1.82) is 0 Å². The molecule has 2 aromatic rings. The van der Waals surface area contributed by atoms with Crippen LogP contribution >= 0.6 is 0 Å². The molecule has 0 atom stereocenters. The third-order valence-corrected chi connectivity index (χ3v) is 2.64.